The van der Waals surface area contributed by atoms with E-state index in [4.69, 9.17) is 5.73 Å². The first-order valence-corrected chi connectivity index (χ1v) is 3.71. The first-order valence-electron chi connectivity index (χ1n) is 3.71. The summed E-state index contributed by atoms with van der Waals surface area (Å²) in [6.07, 6.45) is 3.51. The first-order chi connectivity index (χ1) is 5.86. The van der Waals surface area contributed by atoms with E-state index in [0.717, 1.165) is 17.1 Å². The smallest absolute Gasteiger partial charge is 0.137 e. The van der Waals surface area contributed by atoms with Crippen LogP contribution in [0.1, 0.15) is 0 Å². The number of H-pyrrole nitrogens is 1. The molecule has 0 saturated heterocycles. The number of aromatic amines is 1. The fraction of sp³-hybridized carbons (Fsp3) is 0. The van der Waals surface area contributed by atoms with Gasteiger partial charge < -0.3 is 10.7 Å². The summed E-state index contributed by atoms with van der Waals surface area (Å²) in [5.74, 6) is 0.849. The molecule has 1 aromatic heterocycles. The molecule has 0 bridgehead atoms. The van der Waals surface area contributed by atoms with E-state index < -0.39 is 0 Å². The van der Waals surface area contributed by atoms with Crippen molar-refractivity contribution < 1.29 is 0 Å². The van der Waals surface area contributed by atoms with E-state index in [1.54, 1.807) is 12.4 Å². The Morgan fingerprint density at radius 3 is 2.57 bits per heavy atom. The van der Waals surface area contributed by atoms with Crippen molar-refractivity contribution in [3.05, 3.63) is 36.7 Å². The molecule has 0 aliphatic rings. The van der Waals surface area contributed by atoms with Gasteiger partial charge in [-0.3, -0.25) is 0 Å². The second kappa shape index (κ2) is 5.52. The van der Waals surface area contributed by atoms with Gasteiger partial charge in [-0.15, -0.1) is 24.8 Å². The van der Waals surface area contributed by atoms with Gasteiger partial charge in [-0.1, -0.05) is 12.1 Å². The topological polar surface area (TPSA) is 54.7 Å². The van der Waals surface area contributed by atoms with Crippen LogP contribution in [-0.4, -0.2) is 9.97 Å². The van der Waals surface area contributed by atoms with E-state index in [1.165, 1.54) is 0 Å². The number of benzene rings is 1. The molecule has 3 N–H and O–H groups in total. The van der Waals surface area contributed by atoms with Gasteiger partial charge in [-0.25, -0.2) is 4.98 Å². The molecule has 1 heterocycles. The maximum Gasteiger partial charge on any atom is 0.137 e. The van der Waals surface area contributed by atoms with Gasteiger partial charge in [-0.05, 0) is 12.1 Å². The normalized spacial score (nSPS) is 8.57. The molecule has 2 aromatic rings. The number of anilines is 1. The van der Waals surface area contributed by atoms with Crippen LogP contribution in [0.4, 0.5) is 5.69 Å². The summed E-state index contributed by atoms with van der Waals surface area (Å²) in [5, 5.41) is 0. The number of imidazole rings is 1. The fourth-order valence-electron chi connectivity index (χ4n) is 1.11. The van der Waals surface area contributed by atoms with Crippen molar-refractivity contribution in [1.82, 2.24) is 9.97 Å². The lowest BCUT2D eigenvalue weighted by molar-refractivity contribution is 1.31. The standard InChI is InChI=1S/C9H9N3.2ClH/c10-8-3-1-2-7(6-8)9-11-4-5-12-9;;/h1-6H,10H2,(H,11,12);2*1H. The van der Waals surface area contributed by atoms with Crippen molar-refractivity contribution in [2.24, 2.45) is 0 Å². The van der Waals surface area contributed by atoms with Gasteiger partial charge in [-0.2, -0.15) is 0 Å². The number of halogens is 2. The average molecular weight is 232 g/mol. The highest BCUT2D eigenvalue weighted by Gasteiger charge is 1.97. The zero-order valence-electron chi connectivity index (χ0n) is 7.31. The summed E-state index contributed by atoms with van der Waals surface area (Å²) in [5.41, 5.74) is 7.39. The van der Waals surface area contributed by atoms with Crippen molar-refractivity contribution in [3.63, 3.8) is 0 Å². The highest BCUT2D eigenvalue weighted by molar-refractivity contribution is 5.85. The van der Waals surface area contributed by atoms with Crippen molar-refractivity contribution >= 4 is 30.5 Å². The zero-order valence-corrected chi connectivity index (χ0v) is 8.94. The highest BCUT2D eigenvalue weighted by Crippen LogP contribution is 2.16. The van der Waals surface area contributed by atoms with Crippen molar-refractivity contribution in [2.75, 3.05) is 5.73 Å². The van der Waals surface area contributed by atoms with Crippen LogP contribution < -0.4 is 5.73 Å². The van der Waals surface area contributed by atoms with E-state index in [1.807, 2.05) is 24.3 Å². The molecule has 76 valence electrons. The summed E-state index contributed by atoms with van der Waals surface area (Å²) < 4.78 is 0. The predicted molar refractivity (Wildman–Crippen MR) is 62.9 cm³/mol. The summed E-state index contributed by atoms with van der Waals surface area (Å²) in [4.78, 5) is 7.13. The molecule has 0 amide bonds. The van der Waals surface area contributed by atoms with Crippen LogP contribution in [0.25, 0.3) is 11.4 Å². The van der Waals surface area contributed by atoms with Gasteiger partial charge in [0.15, 0.2) is 0 Å². The average Bonchev–Trinajstić information content (AvgIpc) is 2.56. The maximum atomic E-state index is 5.62. The fourth-order valence-corrected chi connectivity index (χ4v) is 1.11. The Morgan fingerprint density at radius 2 is 2.00 bits per heavy atom. The van der Waals surface area contributed by atoms with Gasteiger partial charge in [0, 0.05) is 23.6 Å². The molecule has 0 unspecified atom stereocenters. The van der Waals surface area contributed by atoms with Crippen LogP contribution in [0.3, 0.4) is 0 Å². The summed E-state index contributed by atoms with van der Waals surface area (Å²) in [6.45, 7) is 0. The minimum absolute atomic E-state index is 0. The molecule has 0 atom stereocenters. The molecular weight excluding hydrogens is 221 g/mol. The van der Waals surface area contributed by atoms with Crippen LogP contribution >= 0.6 is 24.8 Å². The molecule has 0 spiro atoms. The largest absolute Gasteiger partial charge is 0.399 e. The minimum atomic E-state index is 0. The second-order valence-corrected chi connectivity index (χ2v) is 2.56. The lowest BCUT2D eigenvalue weighted by atomic mass is 10.2. The number of hydrogen-bond donors (Lipinski definition) is 2. The predicted octanol–water partition coefficient (Wildman–Crippen LogP) is 2.50. The first kappa shape index (κ1) is 12.8. The van der Waals surface area contributed by atoms with E-state index in [9.17, 15) is 0 Å². The van der Waals surface area contributed by atoms with E-state index in [-0.39, 0.29) is 24.8 Å². The number of aromatic nitrogens is 2. The Balaban J connectivity index is 0.000000845. The molecule has 0 aliphatic heterocycles. The summed E-state index contributed by atoms with van der Waals surface area (Å²) in [6, 6.07) is 7.62. The van der Waals surface area contributed by atoms with Crippen molar-refractivity contribution in [3.8, 4) is 11.4 Å². The Bertz CT molecular complexity index is 373. The Morgan fingerprint density at radius 1 is 1.21 bits per heavy atom. The van der Waals surface area contributed by atoms with E-state index in [0.29, 0.717) is 0 Å². The van der Waals surface area contributed by atoms with Gasteiger partial charge in [0.1, 0.15) is 5.82 Å². The van der Waals surface area contributed by atoms with Crippen LogP contribution in [0, 0.1) is 0 Å². The molecule has 0 radical (unpaired) electrons. The second-order valence-electron chi connectivity index (χ2n) is 2.56. The third-order valence-electron chi connectivity index (χ3n) is 1.66. The SMILES string of the molecule is Cl.Cl.Nc1cccc(-c2ncc[nH]2)c1. The summed E-state index contributed by atoms with van der Waals surface area (Å²) >= 11 is 0. The lowest BCUT2D eigenvalue weighted by Gasteiger charge is -1.97. The van der Waals surface area contributed by atoms with Gasteiger partial charge in [0.25, 0.3) is 0 Å². The number of nitrogens with zero attached hydrogens (tertiary/aromatic N) is 1. The molecule has 1 aromatic carbocycles. The van der Waals surface area contributed by atoms with Crippen LogP contribution in [-0.2, 0) is 0 Å². The zero-order chi connectivity index (χ0) is 8.39. The van der Waals surface area contributed by atoms with Crippen LogP contribution in [0.5, 0.6) is 0 Å². The molecular formula is C9H11Cl2N3. The third-order valence-corrected chi connectivity index (χ3v) is 1.66. The lowest BCUT2D eigenvalue weighted by Crippen LogP contribution is -1.85. The number of nitrogen functional groups attached to an aromatic ring is 1. The van der Waals surface area contributed by atoms with Crippen LogP contribution in [0.2, 0.25) is 0 Å². The van der Waals surface area contributed by atoms with Crippen molar-refractivity contribution in [1.29, 1.82) is 0 Å². The number of nitrogens with two attached hydrogens (primary N) is 1. The molecule has 14 heavy (non-hydrogen) atoms. The van der Waals surface area contributed by atoms with E-state index >= 15 is 0 Å². The van der Waals surface area contributed by atoms with Gasteiger partial charge >= 0.3 is 0 Å². The van der Waals surface area contributed by atoms with Gasteiger partial charge in [0.2, 0.25) is 0 Å². The Hall–Kier alpha value is -1.19. The van der Waals surface area contributed by atoms with Crippen molar-refractivity contribution in [2.45, 2.75) is 0 Å². The van der Waals surface area contributed by atoms with Gasteiger partial charge in [0.05, 0.1) is 0 Å². The quantitative estimate of drug-likeness (QED) is 0.742. The molecule has 0 saturated carbocycles. The summed E-state index contributed by atoms with van der Waals surface area (Å²) in [7, 11) is 0. The number of nitrogens with one attached hydrogen (secondary N) is 1. The molecule has 0 aliphatic carbocycles. The minimum Gasteiger partial charge on any atom is -0.399 e. The maximum absolute atomic E-state index is 5.62. The monoisotopic (exact) mass is 231 g/mol. The Labute approximate surface area is 94.6 Å². The Kier molecular flexibility index (Phi) is 5.05. The third kappa shape index (κ3) is 2.65. The van der Waals surface area contributed by atoms with Crippen LogP contribution in [0.15, 0.2) is 36.7 Å². The molecule has 0 fully saturated rings. The molecule has 2 rings (SSSR count). The highest BCUT2D eigenvalue weighted by atomic mass is 35.5. The van der Waals surface area contributed by atoms with E-state index in [2.05, 4.69) is 9.97 Å². The molecule has 3 nitrogen and oxygen atoms in total. The number of hydrogen-bond acceptors (Lipinski definition) is 2. The number of rotatable bonds is 1. The molecule has 5 heteroatoms.